The molecule has 1 saturated carbocycles. The average molecular weight is 385 g/mol. The van der Waals surface area contributed by atoms with Crippen LogP contribution in [-0.4, -0.2) is 58.3 Å². The Morgan fingerprint density at radius 2 is 1.89 bits per heavy atom. The maximum absolute atomic E-state index is 12.7. The minimum atomic E-state index is 0.0697. The third-order valence-electron chi connectivity index (χ3n) is 6.02. The molecule has 1 aromatic heterocycles. The van der Waals surface area contributed by atoms with E-state index in [9.17, 15) is 4.79 Å². The van der Waals surface area contributed by atoms with Crippen molar-refractivity contribution in [3.8, 4) is 22.9 Å². The van der Waals surface area contributed by atoms with Gasteiger partial charge in [0.05, 0.1) is 14.2 Å². The number of hydrogen-bond donors (Lipinski definition) is 0. The fraction of sp³-hybridized carbons (Fsp3) is 0.600. The van der Waals surface area contributed by atoms with Gasteiger partial charge in [0.15, 0.2) is 11.5 Å². The highest BCUT2D eigenvalue weighted by molar-refractivity contribution is 5.76. The maximum atomic E-state index is 12.7. The fourth-order valence-corrected chi connectivity index (χ4v) is 4.45. The van der Waals surface area contributed by atoms with Crippen LogP contribution in [0.15, 0.2) is 18.2 Å². The van der Waals surface area contributed by atoms with E-state index < -0.39 is 0 Å². The highest BCUT2D eigenvalue weighted by atomic mass is 16.5. The van der Waals surface area contributed by atoms with Gasteiger partial charge in [0.1, 0.15) is 6.54 Å². The lowest BCUT2D eigenvalue weighted by Gasteiger charge is -2.41. The number of rotatable bonds is 5. The van der Waals surface area contributed by atoms with Crippen molar-refractivity contribution >= 4 is 5.91 Å². The van der Waals surface area contributed by atoms with E-state index in [0.29, 0.717) is 23.2 Å². The summed E-state index contributed by atoms with van der Waals surface area (Å²) >= 11 is 0. The van der Waals surface area contributed by atoms with Crippen LogP contribution < -0.4 is 9.47 Å². The number of ether oxygens (including phenoxy) is 2. The first-order valence-corrected chi connectivity index (χ1v) is 9.96. The molecule has 0 spiro atoms. The largest absolute Gasteiger partial charge is 0.493 e. The highest BCUT2D eigenvalue weighted by Gasteiger charge is 2.33. The standard InChI is InChI=1S/C20H27N5O3/c1-27-17-8-7-15(11-18(17)28-2)20-21-23-25(22-20)13-19(26)24-10-9-14-5-3-4-6-16(14)12-24/h7-8,11,14,16H,3-6,9-10,12-13H2,1-2H3/t14-,16+/m0/s1. The van der Waals surface area contributed by atoms with Crippen molar-refractivity contribution in [3.05, 3.63) is 18.2 Å². The minimum absolute atomic E-state index is 0.0697. The molecule has 0 bridgehead atoms. The molecule has 150 valence electrons. The van der Waals surface area contributed by atoms with Crippen molar-refractivity contribution in [2.24, 2.45) is 11.8 Å². The van der Waals surface area contributed by atoms with Crippen molar-refractivity contribution in [1.29, 1.82) is 0 Å². The highest BCUT2D eigenvalue weighted by Crippen LogP contribution is 2.36. The topological polar surface area (TPSA) is 82.4 Å². The molecule has 2 atom stereocenters. The molecule has 2 fully saturated rings. The SMILES string of the molecule is COc1ccc(-c2nnn(CC(=O)N3CC[C@@H]4CCCC[C@@H]4C3)n2)cc1OC. The number of fused-ring (bicyclic) bond motifs is 1. The first kappa shape index (κ1) is 18.7. The summed E-state index contributed by atoms with van der Waals surface area (Å²) in [6, 6.07) is 5.45. The number of carbonyl (C=O) groups is 1. The Morgan fingerprint density at radius 1 is 1.11 bits per heavy atom. The molecule has 2 aromatic rings. The van der Waals surface area contributed by atoms with Gasteiger partial charge in [0.25, 0.3) is 0 Å². The summed E-state index contributed by atoms with van der Waals surface area (Å²) in [4.78, 5) is 16.1. The molecular formula is C20H27N5O3. The van der Waals surface area contributed by atoms with Crippen LogP contribution in [-0.2, 0) is 11.3 Å². The molecule has 1 saturated heterocycles. The Labute approximate surface area is 164 Å². The van der Waals surface area contributed by atoms with Crippen molar-refractivity contribution in [1.82, 2.24) is 25.1 Å². The van der Waals surface area contributed by atoms with E-state index in [1.807, 2.05) is 11.0 Å². The van der Waals surface area contributed by atoms with Gasteiger partial charge >= 0.3 is 0 Å². The maximum Gasteiger partial charge on any atom is 0.246 e. The predicted octanol–water partition coefficient (Wildman–Crippen LogP) is 2.40. The van der Waals surface area contributed by atoms with Gasteiger partial charge < -0.3 is 14.4 Å². The number of amides is 1. The van der Waals surface area contributed by atoms with Gasteiger partial charge in [-0.1, -0.05) is 19.3 Å². The zero-order valence-electron chi connectivity index (χ0n) is 16.5. The monoisotopic (exact) mass is 385 g/mol. The fourth-order valence-electron chi connectivity index (χ4n) is 4.45. The molecule has 8 heteroatoms. The average Bonchev–Trinajstić information content (AvgIpc) is 3.21. The second-order valence-electron chi connectivity index (χ2n) is 7.65. The molecule has 4 rings (SSSR count). The number of likely N-dealkylation sites (tertiary alicyclic amines) is 1. The lowest BCUT2D eigenvalue weighted by Crippen LogP contribution is -2.46. The smallest absolute Gasteiger partial charge is 0.246 e. The molecule has 8 nitrogen and oxygen atoms in total. The quantitative estimate of drug-likeness (QED) is 0.786. The Balaban J connectivity index is 1.41. The van der Waals surface area contributed by atoms with Crippen molar-refractivity contribution < 1.29 is 14.3 Å². The molecule has 2 heterocycles. The molecule has 0 unspecified atom stereocenters. The van der Waals surface area contributed by atoms with E-state index in [1.54, 1.807) is 26.4 Å². The number of hydrogen-bond acceptors (Lipinski definition) is 6. The zero-order chi connectivity index (χ0) is 19.5. The van der Waals surface area contributed by atoms with Crippen molar-refractivity contribution in [2.45, 2.75) is 38.6 Å². The number of benzene rings is 1. The van der Waals surface area contributed by atoms with Gasteiger partial charge in [0.2, 0.25) is 11.7 Å². The normalized spacial score (nSPS) is 21.9. The first-order valence-electron chi connectivity index (χ1n) is 9.96. The number of piperidine rings is 1. The van der Waals surface area contributed by atoms with Gasteiger partial charge in [-0.2, -0.15) is 4.80 Å². The summed E-state index contributed by atoms with van der Waals surface area (Å²) in [6.07, 6.45) is 6.34. The van der Waals surface area contributed by atoms with Crippen LogP contribution in [0.2, 0.25) is 0 Å². The molecule has 1 amide bonds. The number of carbonyl (C=O) groups excluding carboxylic acids is 1. The van der Waals surface area contributed by atoms with E-state index in [1.165, 1.54) is 30.5 Å². The van der Waals surface area contributed by atoms with Crippen LogP contribution in [0.3, 0.4) is 0 Å². The summed E-state index contributed by atoms with van der Waals surface area (Å²) in [7, 11) is 3.17. The second kappa shape index (κ2) is 8.16. The number of aromatic nitrogens is 4. The lowest BCUT2D eigenvalue weighted by atomic mass is 9.75. The van der Waals surface area contributed by atoms with E-state index >= 15 is 0 Å². The summed E-state index contributed by atoms with van der Waals surface area (Å²) in [5, 5.41) is 12.5. The summed E-state index contributed by atoms with van der Waals surface area (Å²) in [5.41, 5.74) is 0.763. The Bertz CT molecular complexity index is 837. The molecule has 28 heavy (non-hydrogen) atoms. The van der Waals surface area contributed by atoms with Crippen LogP contribution in [0.4, 0.5) is 0 Å². The molecule has 1 aliphatic heterocycles. The van der Waals surface area contributed by atoms with Gasteiger partial charge in [-0.15, -0.1) is 10.2 Å². The summed E-state index contributed by atoms with van der Waals surface area (Å²) in [6.45, 7) is 1.84. The number of tetrazole rings is 1. The van der Waals surface area contributed by atoms with E-state index in [0.717, 1.165) is 31.0 Å². The minimum Gasteiger partial charge on any atom is -0.493 e. The van der Waals surface area contributed by atoms with Crippen LogP contribution in [0.1, 0.15) is 32.1 Å². The first-order chi connectivity index (χ1) is 13.7. The third kappa shape index (κ3) is 3.81. The molecule has 1 aromatic carbocycles. The number of methoxy groups -OCH3 is 2. The second-order valence-corrected chi connectivity index (χ2v) is 7.65. The Kier molecular flexibility index (Phi) is 5.45. The van der Waals surface area contributed by atoms with Gasteiger partial charge in [-0.3, -0.25) is 4.79 Å². The summed E-state index contributed by atoms with van der Waals surface area (Å²) < 4.78 is 10.6. The third-order valence-corrected chi connectivity index (χ3v) is 6.02. The molecule has 1 aliphatic carbocycles. The lowest BCUT2D eigenvalue weighted by molar-refractivity contribution is -0.135. The molecule has 2 aliphatic rings. The summed E-state index contributed by atoms with van der Waals surface area (Å²) in [5.74, 6) is 3.24. The molecular weight excluding hydrogens is 358 g/mol. The van der Waals surface area contributed by atoms with E-state index in [-0.39, 0.29) is 12.5 Å². The van der Waals surface area contributed by atoms with Crippen molar-refractivity contribution in [3.63, 3.8) is 0 Å². The van der Waals surface area contributed by atoms with Crippen LogP contribution in [0.25, 0.3) is 11.4 Å². The van der Waals surface area contributed by atoms with Crippen LogP contribution >= 0.6 is 0 Å². The van der Waals surface area contributed by atoms with Gasteiger partial charge in [-0.05, 0) is 48.1 Å². The Hall–Kier alpha value is -2.64. The van der Waals surface area contributed by atoms with E-state index in [2.05, 4.69) is 15.4 Å². The van der Waals surface area contributed by atoms with Gasteiger partial charge in [-0.25, -0.2) is 0 Å². The zero-order valence-corrected chi connectivity index (χ0v) is 16.5. The molecule has 0 N–H and O–H groups in total. The van der Waals surface area contributed by atoms with E-state index in [4.69, 9.17) is 9.47 Å². The van der Waals surface area contributed by atoms with Crippen LogP contribution in [0, 0.1) is 11.8 Å². The number of nitrogens with zero attached hydrogens (tertiary/aromatic N) is 5. The predicted molar refractivity (Wildman–Crippen MR) is 103 cm³/mol. The Morgan fingerprint density at radius 3 is 2.68 bits per heavy atom. The van der Waals surface area contributed by atoms with Gasteiger partial charge in [0, 0.05) is 18.7 Å². The van der Waals surface area contributed by atoms with Crippen molar-refractivity contribution in [2.75, 3.05) is 27.3 Å². The molecule has 0 radical (unpaired) electrons. The van der Waals surface area contributed by atoms with Crippen LogP contribution in [0.5, 0.6) is 11.5 Å².